The lowest BCUT2D eigenvalue weighted by molar-refractivity contribution is 0.0896. The lowest BCUT2D eigenvalue weighted by Crippen LogP contribution is -2.44. The average Bonchev–Trinajstić information content (AvgIpc) is 3.41. The van der Waals surface area contributed by atoms with Gasteiger partial charge in [-0.3, -0.25) is 4.79 Å². The van der Waals surface area contributed by atoms with Crippen LogP contribution in [0.1, 0.15) is 24.8 Å². The highest BCUT2D eigenvalue weighted by Crippen LogP contribution is 2.35. The fourth-order valence-corrected chi connectivity index (χ4v) is 3.98. The van der Waals surface area contributed by atoms with E-state index in [1.54, 1.807) is 13.2 Å². The zero-order valence-electron chi connectivity index (χ0n) is 17.1. The highest BCUT2D eigenvalue weighted by atomic mass is 32.1. The van der Waals surface area contributed by atoms with Crippen molar-refractivity contribution in [2.75, 3.05) is 40.2 Å². The number of hydrogen-bond acceptors (Lipinski definition) is 6. The number of nitrogens with zero attached hydrogens (tertiary/aromatic N) is 1. The van der Waals surface area contributed by atoms with Gasteiger partial charge in [-0.2, -0.15) is 0 Å². The van der Waals surface area contributed by atoms with E-state index in [2.05, 4.69) is 10.3 Å². The van der Waals surface area contributed by atoms with Crippen LogP contribution in [0.3, 0.4) is 0 Å². The molecule has 2 N–H and O–H groups in total. The van der Waals surface area contributed by atoms with E-state index in [1.807, 2.05) is 17.0 Å². The number of aromatic amines is 1. The standard InChI is InChI=1S/C21H27N3O5S/c1-26-6-3-5-22-21(30)24(12-16-4-2-7-27-16)11-15-8-14-9-18-19(29-13-28-18)10-17(14)23-20(15)25/h8-10,16H,2-7,11-13H2,1H3,(H,22,30)(H,23,25)/t16-/m1/s1. The van der Waals surface area contributed by atoms with Crippen molar-refractivity contribution in [1.82, 2.24) is 15.2 Å². The Kier molecular flexibility index (Phi) is 6.71. The van der Waals surface area contributed by atoms with Crippen LogP contribution in [0, 0.1) is 0 Å². The number of methoxy groups -OCH3 is 1. The Morgan fingerprint density at radius 2 is 2.17 bits per heavy atom. The van der Waals surface area contributed by atoms with Gasteiger partial charge in [0.25, 0.3) is 5.56 Å². The monoisotopic (exact) mass is 433 g/mol. The van der Waals surface area contributed by atoms with Crippen LogP contribution in [-0.2, 0) is 16.0 Å². The van der Waals surface area contributed by atoms with Crippen LogP contribution in [0.2, 0.25) is 0 Å². The van der Waals surface area contributed by atoms with Gasteiger partial charge in [0.1, 0.15) is 0 Å². The van der Waals surface area contributed by atoms with Crippen molar-refractivity contribution in [2.24, 2.45) is 0 Å². The van der Waals surface area contributed by atoms with Crippen LogP contribution in [0.25, 0.3) is 10.9 Å². The average molecular weight is 434 g/mol. The first kappa shape index (κ1) is 20.9. The number of rotatable bonds is 8. The minimum absolute atomic E-state index is 0.122. The van der Waals surface area contributed by atoms with Gasteiger partial charge in [0.05, 0.1) is 18.2 Å². The van der Waals surface area contributed by atoms with Crippen LogP contribution in [0.15, 0.2) is 23.0 Å². The van der Waals surface area contributed by atoms with Gasteiger partial charge in [-0.1, -0.05) is 0 Å². The molecular weight excluding hydrogens is 406 g/mol. The van der Waals surface area contributed by atoms with Crippen molar-refractivity contribution in [3.8, 4) is 11.5 Å². The van der Waals surface area contributed by atoms with Crippen LogP contribution in [0.4, 0.5) is 0 Å². The molecule has 162 valence electrons. The number of H-pyrrole nitrogens is 1. The molecule has 2 aliphatic heterocycles. The maximum absolute atomic E-state index is 12.8. The van der Waals surface area contributed by atoms with Crippen molar-refractivity contribution in [2.45, 2.75) is 31.9 Å². The minimum Gasteiger partial charge on any atom is -0.454 e. The topological polar surface area (TPSA) is 85.1 Å². The Morgan fingerprint density at radius 1 is 1.33 bits per heavy atom. The van der Waals surface area contributed by atoms with E-state index < -0.39 is 0 Å². The van der Waals surface area contributed by atoms with Gasteiger partial charge in [0.2, 0.25) is 6.79 Å². The van der Waals surface area contributed by atoms with Crippen molar-refractivity contribution < 1.29 is 18.9 Å². The number of thiocarbonyl (C=S) groups is 1. The summed E-state index contributed by atoms with van der Waals surface area (Å²) in [6.07, 6.45) is 3.03. The highest BCUT2D eigenvalue weighted by Gasteiger charge is 2.22. The second-order valence-electron chi connectivity index (χ2n) is 7.51. The first-order valence-electron chi connectivity index (χ1n) is 10.2. The Hall–Kier alpha value is -2.36. The van der Waals surface area contributed by atoms with Crippen molar-refractivity contribution in [3.63, 3.8) is 0 Å². The SMILES string of the molecule is COCCCNC(=S)N(Cc1cc2cc3c(cc2[nH]c1=O)OCO3)C[C@H]1CCCO1. The molecule has 0 radical (unpaired) electrons. The number of nitrogens with one attached hydrogen (secondary N) is 2. The number of aromatic nitrogens is 1. The van der Waals surface area contributed by atoms with Crippen molar-refractivity contribution in [3.05, 3.63) is 34.1 Å². The normalized spacial score (nSPS) is 17.4. The summed E-state index contributed by atoms with van der Waals surface area (Å²) in [5, 5.41) is 4.79. The first-order valence-corrected chi connectivity index (χ1v) is 10.6. The van der Waals surface area contributed by atoms with Crippen molar-refractivity contribution >= 4 is 28.2 Å². The maximum atomic E-state index is 12.8. The van der Waals surface area contributed by atoms with E-state index >= 15 is 0 Å². The predicted molar refractivity (Wildman–Crippen MR) is 117 cm³/mol. The van der Waals surface area contributed by atoms with Crippen LogP contribution in [-0.4, -0.2) is 61.3 Å². The molecule has 1 atom stereocenters. The molecule has 1 saturated heterocycles. The molecule has 9 heteroatoms. The molecular formula is C21H27N3O5S. The van der Waals surface area contributed by atoms with E-state index in [1.165, 1.54) is 0 Å². The summed E-state index contributed by atoms with van der Waals surface area (Å²) >= 11 is 5.63. The summed E-state index contributed by atoms with van der Waals surface area (Å²) in [7, 11) is 1.68. The fourth-order valence-electron chi connectivity index (χ4n) is 3.74. The van der Waals surface area contributed by atoms with Crippen LogP contribution < -0.4 is 20.3 Å². The molecule has 30 heavy (non-hydrogen) atoms. The molecule has 1 aromatic carbocycles. The number of hydrogen-bond donors (Lipinski definition) is 2. The van der Waals surface area contributed by atoms with Crippen molar-refractivity contribution in [1.29, 1.82) is 0 Å². The zero-order chi connectivity index (χ0) is 20.9. The summed E-state index contributed by atoms with van der Waals surface area (Å²) < 4.78 is 21.8. The molecule has 0 unspecified atom stereocenters. The third-order valence-electron chi connectivity index (χ3n) is 5.31. The third kappa shape index (κ3) is 4.85. The Balaban J connectivity index is 1.53. The smallest absolute Gasteiger partial charge is 0.253 e. The largest absolute Gasteiger partial charge is 0.454 e. The van der Waals surface area contributed by atoms with E-state index in [0.29, 0.717) is 48.4 Å². The number of benzene rings is 1. The van der Waals surface area contributed by atoms with Gasteiger partial charge >= 0.3 is 0 Å². The highest BCUT2D eigenvalue weighted by molar-refractivity contribution is 7.80. The molecule has 0 amide bonds. The summed E-state index contributed by atoms with van der Waals surface area (Å²) in [4.78, 5) is 17.7. The minimum atomic E-state index is -0.138. The summed E-state index contributed by atoms with van der Waals surface area (Å²) in [5.74, 6) is 1.33. The number of pyridine rings is 1. The lowest BCUT2D eigenvalue weighted by Gasteiger charge is -2.28. The molecule has 1 aromatic heterocycles. The van der Waals surface area contributed by atoms with Gasteiger partial charge in [-0.15, -0.1) is 0 Å². The summed E-state index contributed by atoms with van der Waals surface area (Å²) in [6, 6.07) is 5.59. The molecule has 0 bridgehead atoms. The Bertz CT molecular complexity index is 958. The van der Waals surface area contributed by atoms with Gasteiger partial charge in [-0.05, 0) is 43.6 Å². The fraction of sp³-hybridized carbons (Fsp3) is 0.524. The zero-order valence-corrected chi connectivity index (χ0v) is 17.9. The molecule has 2 aliphatic rings. The molecule has 1 fully saturated rings. The van der Waals surface area contributed by atoms with Gasteiger partial charge in [-0.25, -0.2) is 0 Å². The quantitative estimate of drug-likeness (QED) is 0.484. The van der Waals surface area contributed by atoms with Crippen LogP contribution in [0.5, 0.6) is 11.5 Å². The summed E-state index contributed by atoms with van der Waals surface area (Å²) in [5.41, 5.74) is 1.22. The Labute approximate surface area is 180 Å². The third-order valence-corrected chi connectivity index (χ3v) is 5.71. The number of fused-ring (bicyclic) bond motifs is 2. The summed E-state index contributed by atoms with van der Waals surface area (Å²) in [6.45, 7) is 3.40. The molecule has 8 nitrogen and oxygen atoms in total. The maximum Gasteiger partial charge on any atom is 0.253 e. The second-order valence-corrected chi connectivity index (χ2v) is 7.90. The molecule has 2 aromatic rings. The van der Waals surface area contributed by atoms with Gasteiger partial charge < -0.3 is 34.1 Å². The van der Waals surface area contributed by atoms with E-state index in [-0.39, 0.29) is 18.5 Å². The predicted octanol–water partition coefficient (Wildman–Crippen LogP) is 2.15. The van der Waals surface area contributed by atoms with Gasteiger partial charge in [0.15, 0.2) is 16.6 Å². The molecule has 0 spiro atoms. The Morgan fingerprint density at radius 3 is 2.93 bits per heavy atom. The lowest BCUT2D eigenvalue weighted by atomic mass is 10.1. The van der Waals surface area contributed by atoms with E-state index in [9.17, 15) is 4.79 Å². The van der Waals surface area contributed by atoms with Crippen LogP contribution >= 0.6 is 12.2 Å². The van der Waals surface area contributed by atoms with E-state index in [0.717, 1.165) is 36.8 Å². The van der Waals surface area contributed by atoms with Gasteiger partial charge in [0, 0.05) is 50.4 Å². The molecule has 3 heterocycles. The number of ether oxygens (including phenoxy) is 4. The molecule has 0 aliphatic carbocycles. The first-order chi connectivity index (χ1) is 14.6. The second kappa shape index (κ2) is 9.63. The molecule has 4 rings (SSSR count). The van der Waals surface area contributed by atoms with E-state index in [4.69, 9.17) is 31.2 Å². The molecule has 0 saturated carbocycles.